The highest BCUT2D eigenvalue weighted by atomic mass is 16.5. The Bertz CT molecular complexity index is 1290. The third-order valence-electron chi connectivity index (χ3n) is 9.28. The number of alkyl carbamates (subject to hydrolysis) is 1. The van der Waals surface area contributed by atoms with Gasteiger partial charge in [-0.15, -0.1) is 0 Å². The number of primary amides is 1. The van der Waals surface area contributed by atoms with Crippen LogP contribution in [0.15, 0.2) is 0 Å². The molecule has 2 aliphatic rings. The van der Waals surface area contributed by atoms with Gasteiger partial charge in [0.15, 0.2) is 0 Å². The number of nitrogens with two attached hydrogens (primary N) is 1. The van der Waals surface area contributed by atoms with Crippen LogP contribution in [-0.2, 0) is 38.2 Å². The van der Waals surface area contributed by atoms with Crippen LogP contribution in [0.5, 0.6) is 0 Å². The lowest BCUT2D eigenvalue weighted by Gasteiger charge is -2.34. The van der Waals surface area contributed by atoms with E-state index >= 15 is 0 Å². The Morgan fingerprint density at radius 1 is 0.868 bits per heavy atom. The Morgan fingerprint density at radius 3 is 2.06 bits per heavy atom. The maximum atomic E-state index is 14.4. The molecular formula is C38H66N6O9. The van der Waals surface area contributed by atoms with E-state index in [-0.39, 0.29) is 43.2 Å². The van der Waals surface area contributed by atoms with Gasteiger partial charge in [0.2, 0.25) is 29.4 Å². The van der Waals surface area contributed by atoms with Crippen LogP contribution in [-0.4, -0.2) is 102 Å². The first-order valence-electron chi connectivity index (χ1n) is 19.2. The van der Waals surface area contributed by atoms with Gasteiger partial charge in [-0.05, 0) is 70.1 Å². The molecule has 1 aliphatic carbocycles. The molecule has 1 saturated heterocycles. The molecule has 0 radical (unpaired) electrons. The van der Waals surface area contributed by atoms with Gasteiger partial charge >= 0.3 is 6.09 Å². The molecule has 0 spiro atoms. The van der Waals surface area contributed by atoms with Gasteiger partial charge in [-0.2, -0.15) is 0 Å². The van der Waals surface area contributed by atoms with Crippen molar-refractivity contribution < 1.29 is 43.0 Å². The standard InChI is InChI=1S/C38H66N6O9/c1-10-14-26(31(46)34(49)40-20-29(45)41-27(32(39)47)17-18-37(4,5)6)42-33(48)28-19-25(53-38(7,8)9)21-44(28)35(50)30(24-15-12-11-13-16-24)43-36(51)52-22-23(2)3/h23-28,30H,10-22H2,1-9H3,(H2,39,47)(H,40,49)(H,41,45)(H,42,48)(H,43,51)/t25-,26?,27?,28+,30?/m1/s1. The molecule has 1 saturated carbocycles. The molecule has 302 valence electrons. The number of nitrogens with zero attached hydrogens (tertiary/aromatic N) is 1. The van der Waals surface area contributed by atoms with E-state index in [1.54, 1.807) is 6.92 Å². The number of rotatable bonds is 18. The van der Waals surface area contributed by atoms with Crippen molar-refractivity contribution in [2.75, 3.05) is 19.7 Å². The molecule has 0 aromatic rings. The van der Waals surface area contributed by atoms with E-state index < -0.39 is 83.8 Å². The van der Waals surface area contributed by atoms with Gasteiger partial charge in [0.25, 0.3) is 5.91 Å². The van der Waals surface area contributed by atoms with Gasteiger partial charge < -0.3 is 41.4 Å². The maximum absolute atomic E-state index is 14.4. The fourth-order valence-corrected chi connectivity index (χ4v) is 6.65. The minimum atomic E-state index is -1.24. The van der Waals surface area contributed by atoms with Crippen molar-refractivity contribution in [1.29, 1.82) is 0 Å². The van der Waals surface area contributed by atoms with E-state index in [9.17, 15) is 33.6 Å². The van der Waals surface area contributed by atoms with Crippen LogP contribution in [0, 0.1) is 17.3 Å². The summed E-state index contributed by atoms with van der Waals surface area (Å²) in [6.45, 7) is 16.9. The lowest BCUT2D eigenvalue weighted by molar-refractivity contribution is -0.143. The van der Waals surface area contributed by atoms with Crippen molar-refractivity contribution in [2.45, 2.75) is 162 Å². The monoisotopic (exact) mass is 750 g/mol. The first-order valence-corrected chi connectivity index (χ1v) is 19.2. The van der Waals surface area contributed by atoms with Gasteiger partial charge in [-0.1, -0.05) is 67.2 Å². The molecule has 5 atom stereocenters. The van der Waals surface area contributed by atoms with E-state index in [1.165, 1.54) is 4.90 Å². The predicted molar refractivity (Wildman–Crippen MR) is 199 cm³/mol. The fourth-order valence-electron chi connectivity index (χ4n) is 6.65. The molecule has 2 fully saturated rings. The summed E-state index contributed by atoms with van der Waals surface area (Å²) in [6, 6.07) is -4.15. The quantitative estimate of drug-likeness (QED) is 0.130. The van der Waals surface area contributed by atoms with E-state index in [2.05, 4.69) is 21.3 Å². The largest absolute Gasteiger partial charge is 0.449 e. The predicted octanol–water partition coefficient (Wildman–Crippen LogP) is 2.87. The number of Topliss-reactive ketones (excluding diaryl/α,β-unsaturated/α-hetero) is 1. The summed E-state index contributed by atoms with van der Waals surface area (Å²) < 4.78 is 11.6. The van der Waals surface area contributed by atoms with Crippen molar-refractivity contribution >= 4 is 41.4 Å². The van der Waals surface area contributed by atoms with Crippen LogP contribution in [0.4, 0.5) is 4.79 Å². The van der Waals surface area contributed by atoms with Gasteiger partial charge in [0.1, 0.15) is 18.1 Å². The molecule has 6 N–H and O–H groups in total. The summed E-state index contributed by atoms with van der Waals surface area (Å²) in [5.74, 6) is -4.57. The van der Waals surface area contributed by atoms with Crippen LogP contribution >= 0.6 is 0 Å². The summed E-state index contributed by atoms with van der Waals surface area (Å²) in [4.78, 5) is 93.5. The molecule has 0 aromatic carbocycles. The van der Waals surface area contributed by atoms with E-state index in [1.807, 2.05) is 55.4 Å². The van der Waals surface area contributed by atoms with Crippen molar-refractivity contribution in [1.82, 2.24) is 26.2 Å². The average Bonchev–Trinajstić information content (AvgIpc) is 3.48. The van der Waals surface area contributed by atoms with Crippen molar-refractivity contribution in [2.24, 2.45) is 23.0 Å². The van der Waals surface area contributed by atoms with Crippen LogP contribution in [0.2, 0.25) is 0 Å². The number of ether oxygens (including phenoxy) is 2. The zero-order valence-corrected chi connectivity index (χ0v) is 33.4. The van der Waals surface area contributed by atoms with Crippen LogP contribution in [0.3, 0.4) is 0 Å². The molecule has 2 rings (SSSR count). The van der Waals surface area contributed by atoms with Gasteiger partial charge in [-0.25, -0.2) is 4.79 Å². The molecule has 0 bridgehead atoms. The number of likely N-dealkylation sites (tertiary alicyclic amines) is 1. The van der Waals surface area contributed by atoms with E-state index in [0.29, 0.717) is 19.3 Å². The zero-order valence-electron chi connectivity index (χ0n) is 33.4. The normalized spacial score (nSPS) is 19.8. The minimum Gasteiger partial charge on any atom is -0.449 e. The smallest absolute Gasteiger partial charge is 0.407 e. The highest BCUT2D eigenvalue weighted by molar-refractivity contribution is 6.38. The third kappa shape index (κ3) is 16.0. The molecule has 15 nitrogen and oxygen atoms in total. The molecule has 53 heavy (non-hydrogen) atoms. The number of ketones is 1. The van der Waals surface area contributed by atoms with E-state index in [4.69, 9.17) is 15.2 Å². The molecule has 1 aliphatic heterocycles. The number of hydrogen-bond donors (Lipinski definition) is 5. The fraction of sp³-hybridized carbons (Fsp3) is 0.816. The second kappa shape index (κ2) is 20.6. The topological polar surface area (TPSA) is 215 Å². The summed E-state index contributed by atoms with van der Waals surface area (Å²) in [5, 5.41) is 10.3. The Hall–Kier alpha value is -3.75. The summed E-state index contributed by atoms with van der Waals surface area (Å²) in [5.41, 5.74) is 4.78. The summed E-state index contributed by atoms with van der Waals surface area (Å²) in [6.07, 6.45) is 4.71. The molecular weight excluding hydrogens is 684 g/mol. The van der Waals surface area contributed by atoms with Crippen molar-refractivity contribution in [3.63, 3.8) is 0 Å². The average molecular weight is 751 g/mol. The molecule has 3 unspecified atom stereocenters. The molecule has 15 heteroatoms. The molecule has 6 amide bonds. The SMILES string of the molecule is CCCC(NC(=O)[C@@H]1C[C@@H](OC(C)(C)C)CN1C(=O)C(NC(=O)OCC(C)C)C1CCCCC1)C(=O)C(=O)NCC(=O)NC(CCC(C)(C)C)C(N)=O. The number of nitrogens with one attached hydrogen (secondary N) is 4. The van der Waals surface area contributed by atoms with Gasteiger partial charge in [0.05, 0.1) is 30.9 Å². The van der Waals surface area contributed by atoms with Crippen LogP contribution < -0.4 is 27.0 Å². The van der Waals surface area contributed by atoms with Crippen LogP contribution in [0.25, 0.3) is 0 Å². The van der Waals surface area contributed by atoms with Gasteiger partial charge in [-0.3, -0.25) is 28.8 Å². The van der Waals surface area contributed by atoms with Crippen molar-refractivity contribution in [3.8, 4) is 0 Å². The number of hydrogen-bond acceptors (Lipinski definition) is 9. The van der Waals surface area contributed by atoms with Gasteiger partial charge in [0, 0.05) is 13.0 Å². The first-order chi connectivity index (χ1) is 24.6. The minimum absolute atomic E-state index is 0.0875. The number of carbonyl (C=O) groups is 7. The highest BCUT2D eigenvalue weighted by Crippen LogP contribution is 2.31. The second-order valence-electron chi connectivity index (χ2n) is 17.1. The first kappa shape index (κ1) is 45.4. The second-order valence-corrected chi connectivity index (χ2v) is 17.1. The molecule has 0 aromatic heterocycles. The van der Waals surface area contributed by atoms with Crippen molar-refractivity contribution in [3.05, 3.63) is 0 Å². The lowest BCUT2D eigenvalue weighted by atomic mass is 9.83. The highest BCUT2D eigenvalue weighted by Gasteiger charge is 2.46. The number of carbonyl (C=O) groups excluding carboxylic acids is 7. The van der Waals surface area contributed by atoms with Crippen LogP contribution in [0.1, 0.15) is 127 Å². The Morgan fingerprint density at radius 2 is 1.51 bits per heavy atom. The zero-order chi connectivity index (χ0) is 40.1. The molecule has 1 heterocycles. The Balaban J connectivity index is 2.23. The third-order valence-corrected chi connectivity index (χ3v) is 9.28. The lowest BCUT2D eigenvalue weighted by Crippen LogP contribution is -2.58. The summed E-state index contributed by atoms with van der Waals surface area (Å²) in [7, 11) is 0. The Labute approximate surface area is 315 Å². The number of amides is 6. The maximum Gasteiger partial charge on any atom is 0.407 e. The van der Waals surface area contributed by atoms with E-state index in [0.717, 1.165) is 32.1 Å². The summed E-state index contributed by atoms with van der Waals surface area (Å²) >= 11 is 0. The Kier molecular flexibility index (Phi) is 17.7.